The maximum Gasteiger partial charge on any atom is 0.256 e. The van der Waals surface area contributed by atoms with Crippen molar-refractivity contribution in [3.05, 3.63) is 82.0 Å². The van der Waals surface area contributed by atoms with Gasteiger partial charge >= 0.3 is 0 Å². The van der Waals surface area contributed by atoms with Crippen molar-refractivity contribution >= 4 is 17.4 Å². The van der Waals surface area contributed by atoms with Gasteiger partial charge in [-0.25, -0.2) is 9.37 Å². The molecule has 6 rings (SSSR count). The highest BCUT2D eigenvalue weighted by Gasteiger charge is 2.67. The van der Waals surface area contributed by atoms with Gasteiger partial charge in [0.25, 0.3) is 5.56 Å². The van der Waals surface area contributed by atoms with Crippen molar-refractivity contribution in [2.24, 2.45) is 0 Å². The minimum absolute atomic E-state index is 0.0560. The molecular weight excluding hydrogens is 419 g/mol. The second kappa shape index (κ2) is 7.66. The summed E-state index contributed by atoms with van der Waals surface area (Å²) in [6.07, 6.45) is 4.74. The van der Waals surface area contributed by atoms with Crippen molar-refractivity contribution in [2.45, 2.75) is 30.3 Å². The molecular formula is C23H22ClFN4O2. The molecule has 2 heterocycles. The van der Waals surface area contributed by atoms with E-state index < -0.39 is 5.82 Å². The number of hydrogen-bond donors (Lipinski definition) is 2. The van der Waals surface area contributed by atoms with E-state index in [1.165, 1.54) is 22.8 Å². The fourth-order valence-corrected chi connectivity index (χ4v) is 4.79. The molecule has 160 valence electrons. The molecule has 3 aromatic rings. The highest BCUT2D eigenvalue weighted by atomic mass is 35.5. The van der Waals surface area contributed by atoms with Gasteiger partial charge in [-0.05, 0) is 49.6 Å². The third kappa shape index (κ3) is 3.91. The first kappa shape index (κ1) is 20.0. The molecule has 2 N–H and O–H groups in total. The second-order valence-corrected chi connectivity index (χ2v) is 8.76. The summed E-state index contributed by atoms with van der Waals surface area (Å²) >= 11 is 5.68. The molecule has 0 unspecified atom stereocenters. The molecule has 0 atom stereocenters. The number of anilines is 1. The van der Waals surface area contributed by atoms with E-state index in [-0.39, 0.29) is 21.7 Å². The summed E-state index contributed by atoms with van der Waals surface area (Å²) in [5.74, 6) is 1.37. The number of halogens is 2. The number of rotatable bonds is 8. The fraction of sp³-hybridized carbons (Fsp3) is 0.304. The molecule has 0 saturated heterocycles. The quantitative estimate of drug-likeness (QED) is 0.522. The minimum Gasteiger partial charge on any atom is -0.492 e. The second-order valence-electron chi connectivity index (χ2n) is 8.36. The van der Waals surface area contributed by atoms with Crippen LogP contribution in [0.2, 0.25) is 5.02 Å². The molecule has 1 aromatic carbocycles. The van der Waals surface area contributed by atoms with E-state index in [0.717, 1.165) is 25.1 Å². The van der Waals surface area contributed by atoms with Crippen molar-refractivity contribution < 1.29 is 9.13 Å². The molecule has 6 nitrogen and oxygen atoms in total. The van der Waals surface area contributed by atoms with Crippen LogP contribution in [0.5, 0.6) is 5.75 Å². The van der Waals surface area contributed by atoms with E-state index in [1.54, 1.807) is 18.3 Å². The van der Waals surface area contributed by atoms with Crippen LogP contribution in [0.25, 0.3) is 5.82 Å². The van der Waals surface area contributed by atoms with Gasteiger partial charge in [-0.3, -0.25) is 9.36 Å². The number of aromatic nitrogens is 2. The van der Waals surface area contributed by atoms with Crippen LogP contribution in [0.15, 0.2) is 65.6 Å². The fourth-order valence-electron chi connectivity index (χ4n) is 4.68. The van der Waals surface area contributed by atoms with Gasteiger partial charge in [0.2, 0.25) is 0 Å². The summed E-state index contributed by atoms with van der Waals surface area (Å²) in [4.78, 5) is 16.7. The lowest BCUT2D eigenvalue weighted by molar-refractivity contribution is -0.0643. The van der Waals surface area contributed by atoms with Crippen LogP contribution in [0, 0.1) is 5.82 Å². The van der Waals surface area contributed by atoms with Crippen LogP contribution in [0.4, 0.5) is 10.2 Å². The van der Waals surface area contributed by atoms with Gasteiger partial charge in [0.15, 0.2) is 0 Å². The zero-order chi connectivity index (χ0) is 21.5. The van der Waals surface area contributed by atoms with Crippen molar-refractivity contribution in [2.75, 3.05) is 18.5 Å². The maximum atomic E-state index is 13.5. The summed E-state index contributed by atoms with van der Waals surface area (Å²) in [5, 5.41) is 7.20. The molecule has 3 fully saturated rings. The van der Waals surface area contributed by atoms with Crippen LogP contribution in [-0.4, -0.2) is 33.8 Å². The highest BCUT2D eigenvalue weighted by molar-refractivity contribution is 6.30. The van der Waals surface area contributed by atoms with Gasteiger partial charge in [0, 0.05) is 36.0 Å². The van der Waals surface area contributed by atoms with Crippen LogP contribution >= 0.6 is 11.6 Å². The SMILES string of the molecule is O=c1ccccn1-c1cccc(NC23CC(NCCOc4ccc(Cl)c(F)c4)(C2)C3)n1. The van der Waals surface area contributed by atoms with Crippen LogP contribution in [0.3, 0.4) is 0 Å². The predicted molar refractivity (Wildman–Crippen MR) is 118 cm³/mol. The molecule has 3 saturated carbocycles. The molecule has 0 spiro atoms. The maximum absolute atomic E-state index is 13.5. The Balaban J connectivity index is 1.11. The molecule has 8 heteroatoms. The summed E-state index contributed by atoms with van der Waals surface area (Å²) in [6, 6.07) is 15.2. The number of benzene rings is 1. The molecule has 3 aliphatic rings. The number of ether oxygens (including phenoxy) is 1. The lowest BCUT2D eigenvalue weighted by Gasteiger charge is -2.71. The van der Waals surface area contributed by atoms with E-state index >= 15 is 0 Å². The van der Waals surface area contributed by atoms with E-state index in [0.29, 0.717) is 24.7 Å². The summed E-state index contributed by atoms with van der Waals surface area (Å²) < 4.78 is 20.6. The minimum atomic E-state index is -0.477. The Morgan fingerprint density at radius 1 is 1.10 bits per heavy atom. The Bertz CT molecular complexity index is 1160. The zero-order valence-corrected chi connectivity index (χ0v) is 17.5. The number of nitrogens with one attached hydrogen (secondary N) is 2. The smallest absolute Gasteiger partial charge is 0.256 e. The lowest BCUT2D eigenvalue weighted by atomic mass is 9.44. The summed E-state index contributed by atoms with van der Waals surface area (Å²) in [6.45, 7) is 1.14. The largest absolute Gasteiger partial charge is 0.492 e. The number of nitrogens with zero attached hydrogens (tertiary/aromatic N) is 2. The summed E-state index contributed by atoms with van der Waals surface area (Å²) in [5.41, 5.74) is 0.0834. The molecule has 0 amide bonds. The van der Waals surface area contributed by atoms with Gasteiger partial charge in [0.1, 0.15) is 29.8 Å². The Hall–Kier alpha value is -2.90. The normalized spacial score (nSPS) is 23.5. The Kier molecular flexibility index (Phi) is 4.95. The molecule has 2 aromatic heterocycles. The zero-order valence-electron chi connectivity index (χ0n) is 16.8. The van der Waals surface area contributed by atoms with Crippen LogP contribution in [0.1, 0.15) is 19.3 Å². The van der Waals surface area contributed by atoms with Gasteiger partial charge in [0.05, 0.1) is 5.02 Å². The van der Waals surface area contributed by atoms with Crippen molar-refractivity contribution in [1.29, 1.82) is 0 Å². The van der Waals surface area contributed by atoms with Crippen molar-refractivity contribution in [1.82, 2.24) is 14.9 Å². The third-order valence-electron chi connectivity index (χ3n) is 5.99. The number of pyridine rings is 2. The number of hydrogen-bond acceptors (Lipinski definition) is 5. The highest BCUT2D eigenvalue weighted by Crippen LogP contribution is 2.61. The Morgan fingerprint density at radius 2 is 1.94 bits per heavy atom. The first-order valence-electron chi connectivity index (χ1n) is 10.2. The van der Waals surface area contributed by atoms with E-state index in [1.807, 2.05) is 24.3 Å². The molecule has 0 radical (unpaired) electrons. The van der Waals surface area contributed by atoms with Gasteiger partial charge < -0.3 is 15.4 Å². The first-order chi connectivity index (χ1) is 15.0. The van der Waals surface area contributed by atoms with Crippen molar-refractivity contribution in [3.8, 4) is 11.6 Å². The third-order valence-corrected chi connectivity index (χ3v) is 6.30. The topological polar surface area (TPSA) is 68.2 Å². The first-order valence-corrected chi connectivity index (χ1v) is 10.6. The van der Waals surface area contributed by atoms with Gasteiger partial charge in [-0.15, -0.1) is 0 Å². The monoisotopic (exact) mass is 440 g/mol. The summed E-state index contributed by atoms with van der Waals surface area (Å²) in [7, 11) is 0. The Labute approximate surface area is 184 Å². The molecule has 2 bridgehead atoms. The standard InChI is InChI=1S/C23H22ClFN4O2/c24-17-8-7-16(12-18(17)25)31-11-9-26-22-13-23(14-22,15-22)28-19-4-3-5-20(27-19)29-10-2-1-6-21(29)30/h1-8,10,12,26H,9,11,13-15H2,(H,27,28). The van der Waals surface area contributed by atoms with E-state index in [4.69, 9.17) is 16.3 Å². The van der Waals surface area contributed by atoms with Gasteiger partial charge in [-0.2, -0.15) is 0 Å². The van der Waals surface area contributed by atoms with E-state index in [2.05, 4.69) is 15.6 Å². The van der Waals surface area contributed by atoms with Crippen LogP contribution in [-0.2, 0) is 0 Å². The van der Waals surface area contributed by atoms with Crippen molar-refractivity contribution in [3.63, 3.8) is 0 Å². The predicted octanol–water partition coefficient (Wildman–Crippen LogP) is 3.78. The molecule has 31 heavy (non-hydrogen) atoms. The molecule has 3 aliphatic carbocycles. The average molecular weight is 441 g/mol. The van der Waals surface area contributed by atoms with E-state index in [9.17, 15) is 9.18 Å². The average Bonchev–Trinajstić information content (AvgIpc) is 2.71. The van der Waals surface area contributed by atoms with Crippen LogP contribution < -0.4 is 20.9 Å². The Morgan fingerprint density at radius 3 is 2.71 bits per heavy atom. The lowest BCUT2D eigenvalue weighted by Crippen LogP contribution is -2.81. The molecule has 0 aliphatic heterocycles. The van der Waals surface area contributed by atoms with Gasteiger partial charge in [-0.1, -0.05) is 23.7 Å².